The van der Waals surface area contributed by atoms with Crippen LogP contribution in [0, 0.1) is 5.41 Å². The summed E-state index contributed by atoms with van der Waals surface area (Å²) >= 11 is 0. The number of nitrogen functional groups attached to an aromatic ring is 1. The summed E-state index contributed by atoms with van der Waals surface area (Å²) in [6.45, 7) is 4.32. The summed E-state index contributed by atoms with van der Waals surface area (Å²) in [6, 6.07) is 7.99. The summed E-state index contributed by atoms with van der Waals surface area (Å²) in [5, 5.41) is 7.48. The lowest BCUT2D eigenvalue weighted by atomic mass is 10.1. The van der Waals surface area contributed by atoms with E-state index in [0.29, 0.717) is 0 Å². The summed E-state index contributed by atoms with van der Waals surface area (Å²) in [6.07, 6.45) is 9.46. The smallest absolute Gasteiger partial charge is 0.122 e. The van der Waals surface area contributed by atoms with Crippen molar-refractivity contribution >= 4 is 5.84 Å². The summed E-state index contributed by atoms with van der Waals surface area (Å²) < 4.78 is 0. The summed E-state index contributed by atoms with van der Waals surface area (Å²) in [5.74, 6) is 0.145. The molecule has 21 heavy (non-hydrogen) atoms. The highest BCUT2D eigenvalue weighted by Crippen LogP contribution is 2.10. The molecule has 0 atom stereocenters. The van der Waals surface area contributed by atoms with Gasteiger partial charge in [0, 0.05) is 12.1 Å². The van der Waals surface area contributed by atoms with Gasteiger partial charge >= 0.3 is 0 Å². The van der Waals surface area contributed by atoms with Gasteiger partial charge in [-0.25, -0.2) is 0 Å². The van der Waals surface area contributed by atoms with E-state index in [9.17, 15) is 0 Å². The topological polar surface area (TPSA) is 53.1 Å². The predicted octanol–water partition coefficient (Wildman–Crippen LogP) is 4.15. The van der Waals surface area contributed by atoms with Gasteiger partial charge in [0.2, 0.25) is 0 Å². The van der Waals surface area contributed by atoms with Crippen LogP contribution in [0.4, 0.5) is 0 Å². The van der Waals surface area contributed by atoms with Crippen molar-refractivity contribution in [3.05, 3.63) is 35.4 Å². The molecule has 0 heterocycles. The third kappa shape index (κ3) is 7.86. The molecule has 0 amide bonds. The summed E-state index contributed by atoms with van der Waals surface area (Å²) in [4.78, 5) is 2.35. The zero-order chi connectivity index (χ0) is 15.5. The molecule has 1 rings (SSSR count). The maximum Gasteiger partial charge on any atom is 0.122 e. The number of unbranched alkanes of at least 4 members (excludes halogenated alkanes) is 6. The van der Waals surface area contributed by atoms with Gasteiger partial charge in [-0.15, -0.1) is 0 Å². The number of benzene rings is 1. The lowest BCUT2D eigenvalue weighted by Crippen LogP contribution is -2.19. The van der Waals surface area contributed by atoms with Crippen LogP contribution in [-0.2, 0) is 6.54 Å². The van der Waals surface area contributed by atoms with Crippen LogP contribution < -0.4 is 5.73 Å². The minimum atomic E-state index is 0.145. The van der Waals surface area contributed by atoms with Crippen molar-refractivity contribution < 1.29 is 0 Å². The second-order valence-electron chi connectivity index (χ2n) is 5.97. The molecule has 0 aliphatic heterocycles. The largest absolute Gasteiger partial charge is 0.384 e. The molecule has 3 N–H and O–H groups in total. The zero-order valence-electron chi connectivity index (χ0n) is 13.7. The van der Waals surface area contributed by atoms with Crippen LogP contribution in [0.25, 0.3) is 0 Å². The Balaban J connectivity index is 2.20. The van der Waals surface area contributed by atoms with E-state index in [1.807, 2.05) is 18.2 Å². The zero-order valence-corrected chi connectivity index (χ0v) is 13.7. The van der Waals surface area contributed by atoms with Crippen molar-refractivity contribution in [2.45, 2.75) is 58.4 Å². The molecule has 0 bridgehead atoms. The quantitative estimate of drug-likeness (QED) is 0.365. The molecule has 3 nitrogen and oxygen atoms in total. The van der Waals surface area contributed by atoms with E-state index >= 15 is 0 Å². The number of rotatable bonds is 11. The highest BCUT2D eigenvalue weighted by atomic mass is 15.1. The molecule has 1 aromatic rings. The molecule has 0 aliphatic rings. The average molecular weight is 289 g/mol. The van der Waals surface area contributed by atoms with E-state index in [2.05, 4.69) is 24.9 Å². The first-order valence-corrected chi connectivity index (χ1v) is 8.25. The van der Waals surface area contributed by atoms with Crippen LogP contribution in [0.2, 0.25) is 0 Å². The Kier molecular flexibility index (Phi) is 8.76. The standard InChI is InChI=1S/C18H31N3/c1-3-4-5-6-7-8-9-13-21(2)15-16-11-10-12-17(14-16)18(19)20/h10-12,14H,3-9,13,15H2,1-2H3,(H3,19,20). The van der Waals surface area contributed by atoms with Crippen molar-refractivity contribution in [1.29, 1.82) is 5.41 Å². The van der Waals surface area contributed by atoms with Gasteiger partial charge in [0.25, 0.3) is 0 Å². The molecule has 0 saturated carbocycles. The highest BCUT2D eigenvalue weighted by molar-refractivity contribution is 5.95. The first kappa shape index (κ1) is 17.7. The maximum absolute atomic E-state index is 7.48. The Labute approximate surface area is 130 Å². The second kappa shape index (κ2) is 10.4. The first-order chi connectivity index (χ1) is 10.1. The third-order valence-electron chi connectivity index (χ3n) is 3.83. The fourth-order valence-electron chi connectivity index (χ4n) is 2.57. The van der Waals surface area contributed by atoms with Gasteiger partial charge in [0.05, 0.1) is 0 Å². The van der Waals surface area contributed by atoms with Gasteiger partial charge in [-0.3, -0.25) is 5.41 Å². The van der Waals surface area contributed by atoms with E-state index in [-0.39, 0.29) is 5.84 Å². The van der Waals surface area contributed by atoms with Crippen LogP contribution >= 0.6 is 0 Å². The van der Waals surface area contributed by atoms with Crippen molar-refractivity contribution in [2.24, 2.45) is 5.73 Å². The van der Waals surface area contributed by atoms with Crippen molar-refractivity contribution in [2.75, 3.05) is 13.6 Å². The van der Waals surface area contributed by atoms with Crippen molar-refractivity contribution in [3.8, 4) is 0 Å². The molecule has 0 radical (unpaired) electrons. The second-order valence-corrected chi connectivity index (χ2v) is 5.97. The molecule has 0 aliphatic carbocycles. The van der Waals surface area contributed by atoms with Gasteiger partial charge in [-0.1, -0.05) is 63.6 Å². The van der Waals surface area contributed by atoms with E-state index in [0.717, 1.165) is 18.7 Å². The monoisotopic (exact) mass is 289 g/mol. The Hall–Kier alpha value is -1.35. The molecule has 0 spiro atoms. The fourth-order valence-corrected chi connectivity index (χ4v) is 2.57. The molecule has 3 heteroatoms. The summed E-state index contributed by atoms with van der Waals surface area (Å²) in [5.41, 5.74) is 7.58. The lowest BCUT2D eigenvalue weighted by Gasteiger charge is -2.17. The van der Waals surface area contributed by atoms with Gasteiger partial charge < -0.3 is 10.6 Å². The van der Waals surface area contributed by atoms with Crippen LogP contribution in [0.15, 0.2) is 24.3 Å². The average Bonchev–Trinajstić information content (AvgIpc) is 2.46. The first-order valence-electron chi connectivity index (χ1n) is 8.25. The number of hydrogen-bond acceptors (Lipinski definition) is 2. The minimum Gasteiger partial charge on any atom is -0.384 e. The van der Waals surface area contributed by atoms with Crippen LogP contribution in [-0.4, -0.2) is 24.3 Å². The Morgan fingerprint density at radius 3 is 2.43 bits per heavy atom. The predicted molar refractivity (Wildman–Crippen MR) is 91.8 cm³/mol. The van der Waals surface area contributed by atoms with Crippen molar-refractivity contribution in [3.63, 3.8) is 0 Å². The molecule has 0 fully saturated rings. The fraction of sp³-hybridized carbons (Fsp3) is 0.611. The van der Waals surface area contributed by atoms with Crippen LogP contribution in [0.1, 0.15) is 63.0 Å². The summed E-state index contributed by atoms with van der Waals surface area (Å²) in [7, 11) is 2.16. The molecule has 0 unspecified atom stereocenters. The Morgan fingerprint density at radius 2 is 1.76 bits per heavy atom. The molecule has 1 aromatic carbocycles. The number of amidine groups is 1. The molecule has 0 saturated heterocycles. The number of nitrogens with one attached hydrogen (secondary N) is 1. The molecular weight excluding hydrogens is 258 g/mol. The SMILES string of the molecule is CCCCCCCCCN(C)Cc1cccc(C(=N)N)c1. The maximum atomic E-state index is 7.48. The van der Waals surface area contributed by atoms with E-state index in [1.165, 1.54) is 50.5 Å². The van der Waals surface area contributed by atoms with Crippen molar-refractivity contribution in [1.82, 2.24) is 4.90 Å². The Bertz CT molecular complexity index is 415. The number of nitrogens with zero attached hydrogens (tertiary/aromatic N) is 1. The highest BCUT2D eigenvalue weighted by Gasteiger charge is 2.02. The van der Waals surface area contributed by atoms with E-state index in [4.69, 9.17) is 11.1 Å². The lowest BCUT2D eigenvalue weighted by molar-refractivity contribution is 0.316. The van der Waals surface area contributed by atoms with E-state index < -0.39 is 0 Å². The van der Waals surface area contributed by atoms with Crippen LogP contribution in [0.3, 0.4) is 0 Å². The number of nitrogens with two attached hydrogens (primary N) is 1. The molecule has 0 aromatic heterocycles. The van der Waals surface area contributed by atoms with Gasteiger partial charge in [0.1, 0.15) is 5.84 Å². The van der Waals surface area contributed by atoms with E-state index in [1.54, 1.807) is 0 Å². The van der Waals surface area contributed by atoms with Gasteiger partial charge in [-0.2, -0.15) is 0 Å². The number of hydrogen-bond donors (Lipinski definition) is 2. The Morgan fingerprint density at radius 1 is 1.10 bits per heavy atom. The van der Waals surface area contributed by atoms with Gasteiger partial charge in [0.15, 0.2) is 0 Å². The van der Waals surface area contributed by atoms with Crippen LogP contribution in [0.5, 0.6) is 0 Å². The van der Waals surface area contributed by atoms with Gasteiger partial charge in [-0.05, 0) is 31.6 Å². The molecular formula is C18H31N3. The third-order valence-corrected chi connectivity index (χ3v) is 3.83. The molecule has 118 valence electrons. The minimum absolute atomic E-state index is 0.145. The normalized spacial score (nSPS) is 11.0.